The lowest BCUT2D eigenvalue weighted by Crippen LogP contribution is -2.24. The molecule has 0 spiro atoms. The lowest BCUT2D eigenvalue weighted by atomic mass is 10.1. The average Bonchev–Trinajstić information content (AvgIpc) is 2.69. The summed E-state index contributed by atoms with van der Waals surface area (Å²) in [6, 6.07) is 9.59. The standard InChI is InChI=1S/C15H23N/c1-12(2)10-11-16(3)15-9-8-13-6-4-5-7-14(13)15/h4-7,12,15H,8-11H2,1-3H3. The third-order valence-corrected chi connectivity index (χ3v) is 3.69. The van der Waals surface area contributed by atoms with Gasteiger partial charge in [-0.25, -0.2) is 0 Å². The Balaban J connectivity index is 2.01. The fourth-order valence-corrected chi connectivity index (χ4v) is 2.61. The maximum Gasteiger partial charge on any atom is 0.0350 e. The molecule has 1 aliphatic rings. The topological polar surface area (TPSA) is 3.24 Å². The van der Waals surface area contributed by atoms with E-state index in [1.54, 1.807) is 11.1 Å². The zero-order chi connectivity index (χ0) is 11.5. The lowest BCUT2D eigenvalue weighted by molar-refractivity contribution is 0.231. The molecule has 1 aromatic rings. The molecular weight excluding hydrogens is 194 g/mol. The van der Waals surface area contributed by atoms with Gasteiger partial charge in [0.2, 0.25) is 0 Å². The van der Waals surface area contributed by atoms with Crippen molar-refractivity contribution in [3.8, 4) is 0 Å². The quantitative estimate of drug-likeness (QED) is 0.744. The zero-order valence-corrected chi connectivity index (χ0v) is 10.7. The van der Waals surface area contributed by atoms with Gasteiger partial charge in [-0.05, 0) is 49.9 Å². The molecule has 0 heterocycles. The fraction of sp³-hybridized carbons (Fsp3) is 0.600. The summed E-state index contributed by atoms with van der Waals surface area (Å²) < 4.78 is 0. The highest BCUT2D eigenvalue weighted by molar-refractivity contribution is 5.34. The number of rotatable bonds is 4. The summed E-state index contributed by atoms with van der Waals surface area (Å²) in [6.07, 6.45) is 3.86. The molecule has 0 fully saturated rings. The Morgan fingerprint density at radius 1 is 1.31 bits per heavy atom. The summed E-state index contributed by atoms with van der Waals surface area (Å²) in [5, 5.41) is 0. The van der Waals surface area contributed by atoms with Gasteiger partial charge in [0, 0.05) is 6.04 Å². The summed E-state index contributed by atoms with van der Waals surface area (Å²) in [5.41, 5.74) is 3.12. The molecule has 1 unspecified atom stereocenters. The molecule has 1 aliphatic carbocycles. The van der Waals surface area contributed by atoms with Crippen molar-refractivity contribution in [1.29, 1.82) is 0 Å². The number of benzene rings is 1. The van der Waals surface area contributed by atoms with E-state index >= 15 is 0 Å². The fourth-order valence-electron chi connectivity index (χ4n) is 2.61. The Bertz CT molecular complexity index is 343. The van der Waals surface area contributed by atoms with Gasteiger partial charge in [-0.1, -0.05) is 38.1 Å². The van der Waals surface area contributed by atoms with Crippen molar-refractivity contribution in [3.05, 3.63) is 35.4 Å². The normalized spacial score (nSPS) is 19.4. The predicted octanol–water partition coefficient (Wildman–Crippen LogP) is 3.65. The molecule has 1 atom stereocenters. The first-order chi connectivity index (χ1) is 7.68. The molecule has 1 aromatic carbocycles. The Morgan fingerprint density at radius 3 is 2.81 bits per heavy atom. The van der Waals surface area contributed by atoms with Crippen LogP contribution in [0.25, 0.3) is 0 Å². The molecule has 0 bridgehead atoms. The summed E-state index contributed by atoms with van der Waals surface area (Å²) >= 11 is 0. The molecule has 0 radical (unpaired) electrons. The van der Waals surface area contributed by atoms with E-state index in [0.717, 1.165) is 5.92 Å². The Labute approximate surface area is 99.5 Å². The molecule has 1 nitrogen and oxygen atoms in total. The largest absolute Gasteiger partial charge is 0.299 e. The van der Waals surface area contributed by atoms with Crippen molar-refractivity contribution in [1.82, 2.24) is 4.90 Å². The van der Waals surface area contributed by atoms with E-state index in [9.17, 15) is 0 Å². The minimum Gasteiger partial charge on any atom is -0.299 e. The van der Waals surface area contributed by atoms with E-state index < -0.39 is 0 Å². The van der Waals surface area contributed by atoms with Crippen molar-refractivity contribution >= 4 is 0 Å². The molecule has 88 valence electrons. The van der Waals surface area contributed by atoms with Crippen molar-refractivity contribution in [2.24, 2.45) is 5.92 Å². The second-order valence-electron chi connectivity index (χ2n) is 5.42. The third-order valence-electron chi connectivity index (χ3n) is 3.69. The number of hydrogen-bond donors (Lipinski definition) is 0. The van der Waals surface area contributed by atoms with Gasteiger partial charge in [-0.3, -0.25) is 4.90 Å². The van der Waals surface area contributed by atoms with E-state index in [1.807, 2.05) is 0 Å². The van der Waals surface area contributed by atoms with Crippen molar-refractivity contribution in [2.45, 2.75) is 39.2 Å². The highest BCUT2D eigenvalue weighted by Crippen LogP contribution is 2.34. The van der Waals surface area contributed by atoms with Crippen LogP contribution in [0.3, 0.4) is 0 Å². The van der Waals surface area contributed by atoms with E-state index in [1.165, 1.54) is 25.8 Å². The second kappa shape index (κ2) is 5.01. The highest BCUT2D eigenvalue weighted by Gasteiger charge is 2.24. The highest BCUT2D eigenvalue weighted by atomic mass is 15.1. The summed E-state index contributed by atoms with van der Waals surface area (Å²) in [4.78, 5) is 2.53. The SMILES string of the molecule is CC(C)CCN(C)C1CCc2ccccc21. The van der Waals surface area contributed by atoms with Crippen LogP contribution in [-0.2, 0) is 6.42 Å². The number of nitrogens with zero attached hydrogens (tertiary/aromatic N) is 1. The van der Waals surface area contributed by atoms with Crippen LogP contribution in [0, 0.1) is 5.92 Å². The Morgan fingerprint density at radius 2 is 2.06 bits per heavy atom. The van der Waals surface area contributed by atoms with Crippen LogP contribution in [-0.4, -0.2) is 18.5 Å². The maximum absolute atomic E-state index is 2.53. The first kappa shape index (κ1) is 11.7. The molecule has 1 heteroatoms. The molecule has 0 saturated carbocycles. The van der Waals surface area contributed by atoms with Gasteiger partial charge in [0.1, 0.15) is 0 Å². The van der Waals surface area contributed by atoms with E-state index in [2.05, 4.69) is 50.1 Å². The van der Waals surface area contributed by atoms with Gasteiger partial charge in [0.15, 0.2) is 0 Å². The monoisotopic (exact) mass is 217 g/mol. The van der Waals surface area contributed by atoms with Crippen LogP contribution in [0.4, 0.5) is 0 Å². The minimum atomic E-state index is 0.662. The van der Waals surface area contributed by atoms with Crippen molar-refractivity contribution in [3.63, 3.8) is 0 Å². The molecule has 0 aliphatic heterocycles. The summed E-state index contributed by atoms with van der Waals surface area (Å²) in [5.74, 6) is 0.805. The van der Waals surface area contributed by atoms with E-state index in [-0.39, 0.29) is 0 Å². The van der Waals surface area contributed by atoms with Crippen LogP contribution < -0.4 is 0 Å². The minimum absolute atomic E-state index is 0.662. The van der Waals surface area contributed by atoms with Gasteiger partial charge in [-0.15, -0.1) is 0 Å². The van der Waals surface area contributed by atoms with Gasteiger partial charge in [0.25, 0.3) is 0 Å². The van der Waals surface area contributed by atoms with E-state index in [4.69, 9.17) is 0 Å². The molecule has 16 heavy (non-hydrogen) atoms. The second-order valence-corrected chi connectivity index (χ2v) is 5.42. The van der Waals surface area contributed by atoms with Gasteiger partial charge in [0.05, 0.1) is 0 Å². The van der Waals surface area contributed by atoms with E-state index in [0.29, 0.717) is 6.04 Å². The molecule has 0 N–H and O–H groups in total. The molecule has 0 amide bonds. The third kappa shape index (κ3) is 2.46. The first-order valence-electron chi connectivity index (χ1n) is 6.46. The molecule has 0 saturated heterocycles. The molecular formula is C15H23N. The number of aryl methyl sites for hydroxylation is 1. The van der Waals surface area contributed by atoms with Gasteiger partial charge < -0.3 is 0 Å². The van der Waals surface area contributed by atoms with Gasteiger partial charge in [-0.2, -0.15) is 0 Å². The zero-order valence-electron chi connectivity index (χ0n) is 10.7. The number of hydrogen-bond acceptors (Lipinski definition) is 1. The van der Waals surface area contributed by atoms with Crippen LogP contribution in [0.1, 0.15) is 43.9 Å². The Hall–Kier alpha value is -0.820. The van der Waals surface area contributed by atoms with Crippen LogP contribution >= 0.6 is 0 Å². The van der Waals surface area contributed by atoms with Crippen LogP contribution in [0.5, 0.6) is 0 Å². The maximum atomic E-state index is 2.53. The number of fused-ring (bicyclic) bond motifs is 1. The molecule has 2 rings (SSSR count). The van der Waals surface area contributed by atoms with Gasteiger partial charge >= 0.3 is 0 Å². The van der Waals surface area contributed by atoms with Crippen molar-refractivity contribution in [2.75, 3.05) is 13.6 Å². The summed E-state index contributed by atoms with van der Waals surface area (Å²) in [6.45, 7) is 5.82. The average molecular weight is 217 g/mol. The first-order valence-corrected chi connectivity index (χ1v) is 6.46. The summed E-state index contributed by atoms with van der Waals surface area (Å²) in [7, 11) is 2.27. The molecule has 0 aromatic heterocycles. The van der Waals surface area contributed by atoms with Crippen LogP contribution in [0.15, 0.2) is 24.3 Å². The van der Waals surface area contributed by atoms with Crippen molar-refractivity contribution < 1.29 is 0 Å². The predicted molar refractivity (Wildman–Crippen MR) is 69.6 cm³/mol. The smallest absolute Gasteiger partial charge is 0.0350 e. The van der Waals surface area contributed by atoms with Crippen LogP contribution in [0.2, 0.25) is 0 Å². The lowest BCUT2D eigenvalue weighted by Gasteiger charge is -2.25. The Kier molecular flexibility index (Phi) is 3.65.